The zero-order chi connectivity index (χ0) is 17.1. The van der Waals surface area contributed by atoms with Crippen LogP contribution in [0.5, 0.6) is 0 Å². The predicted molar refractivity (Wildman–Crippen MR) is 93.4 cm³/mol. The number of piperazine rings is 1. The van der Waals surface area contributed by atoms with E-state index >= 15 is 0 Å². The number of amides is 1. The molecule has 4 nitrogen and oxygen atoms in total. The van der Waals surface area contributed by atoms with E-state index in [0.717, 1.165) is 57.8 Å². The molecule has 2 aliphatic heterocycles. The van der Waals surface area contributed by atoms with E-state index in [2.05, 4.69) is 16.7 Å². The molecule has 132 valence electrons. The van der Waals surface area contributed by atoms with Crippen molar-refractivity contribution < 1.29 is 9.18 Å². The van der Waals surface area contributed by atoms with E-state index in [9.17, 15) is 9.18 Å². The van der Waals surface area contributed by atoms with Gasteiger partial charge in [-0.05, 0) is 43.1 Å². The number of hydrogen-bond donors (Lipinski definition) is 0. The predicted octanol–water partition coefficient (Wildman–Crippen LogP) is 2.30. The monoisotopic (exact) mass is 333 g/mol. The van der Waals surface area contributed by atoms with Gasteiger partial charge >= 0.3 is 0 Å². The highest BCUT2D eigenvalue weighted by atomic mass is 19.1. The van der Waals surface area contributed by atoms with Crippen molar-refractivity contribution in [2.24, 2.45) is 0 Å². The van der Waals surface area contributed by atoms with Crippen LogP contribution in [0.4, 0.5) is 4.39 Å². The lowest BCUT2D eigenvalue weighted by atomic mass is 9.93. The molecule has 24 heavy (non-hydrogen) atoms. The molecule has 0 saturated carbocycles. The first kappa shape index (κ1) is 17.4. The molecule has 1 aromatic rings. The van der Waals surface area contributed by atoms with Crippen LogP contribution < -0.4 is 0 Å². The molecule has 0 radical (unpaired) electrons. The molecule has 0 bridgehead atoms. The first-order valence-electron chi connectivity index (χ1n) is 9.11. The van der Waals surface area contributed by atoms with Gasteiger partial charge in [0.05, 0.1) is 6.04 Å². The van der Waals surface area contributed by atoms with Gasteiger partial charge in [-0.15, -0.1) is 0 Å². The highest BCUT2D eigenvalue weighted by Gasteiger charge is 2.28. The fourth-order valence-corrected chi connectivity index (χ4v) is 3.85. The van der Waals surface area contributed by atoms with Crippen LogP contribution in [0.15, 0.2) is 18.2 Å². The number of carbonyl (C=O) groups is 1. The Hall–Kier alpha value is -1.46. The van der Waals surface area contributed by atoms with Gasteiger partial charge in [0.15, 0.2) is 0 Å². The average Bonchev–Trinajstić information content (AvgIpc) is 2.61. The molecule has 1 unspecified atom stereocenters. The van der Waals surface area contributed by atoms with Gasteiger partial charge in [0, 0.05) is 45.7 Å². The Labute approximate surface area is 144 Å². The highest BCUT2D eigenvalue weighted by molar-refractivity contribution is 5.77. The number of nitrogens with zero attached hydrogens (tertiary/aromatic N) is 3. The number of carbonyl (C=O) groups excluding carboxylic acids is 1. The number of rotatable bonds is 4. The quantitative estimate of drug-likeness (QED) is 0.846. The molecule has 0 N–H and O–H groups in total. The van der Waals surface area contributed by atoms with Crippen LogP contribution >= 0.6 is 0 Å². The fourth-order valence-electron chi connectivity index (χ4n) is 3.85. The Morgan fingerprint density at radius 3 is 2.58 bits per heavy atom. The Kier molecular flexibility index (Phi) is 5.51. The molecule has 1 atom stereocenters. The van der Waals surface area contributed by atoms with Crippen molar-refractivity contribution in [2.75, 3.05) is 45.8 Å². The molecule has 0 aromatic heterocycles. The molecule has 1 fully saturated rings. The lowest BCUT2D eigenvalue weighted by Gasteiger charge is -2.37. The number of hydrogen-bond acceptors (Lipinski definition) is 3. The highest BCUT2D eigenvalue weighted by Crippen LogP contribution is 2.30. The standard InChI is InChI=1S/C19H28FN3O/c1-3-21-10-12-22(13-11-21)8-7-19(24)23-9-6-16-4-5-17(20)14-18(16)15(23)2/h4-5,14-15H,3,6-13H2,1-2H3. The van der Waals surface area contributed by atoms with Gasteiger partial charge in [-0.25, -0.2) is 4.39 Å². The maximum Gasteiger partial charge on any atom is 0.224 e. The van der Waals surface area contributed by atoms with Crippen LogP contribution in [0.2, 0.25) is 0 Å². The summed E-state index contributed by atoms with van der Waals surface area (Å²) in [5, 5.41) is 0. The van der Waals surface area contributed by atoms with Gasteiger partial charge in [-0.2, -0.15) is 0 Å². The Morgan fingerprint density at radius 2 is 1.88 bits per heavy atom. The lowest BCUT2D eigenvalue weighted by Crippen LogP contribution is -2.47. The first-order valence-corrected chi connectivity index (χ1v) is 9.11. The summed E-state index contributed by atoms with van der Waals surface area (Å²) in [6.45, 7) is 11.2. The van der Waals surface area contributed by atoms with E-state index in [1.165, 1.54) is 11.6 Å². The summed E-state index contributed by atoms with van der Waals surface area (Å²) in [7, 11) is 0. The van der Waals surface area contributed by atoms with E-state index in [1.54, 1.807) is 6.07 Å². The normalized spacial score (nSPS) is 22.5. The minimum absolute atomic E-state index is 0.0334. The van der Waals surface area contributed by atoms with E-state index in [0.29, 0.717) is 6.42 Å². The Bertz CT molecular complexity index is 584. The van der Waals surface area contributed by atoms with Crippen LogP contribution in [-0.2, 0) is 11.2 Å². The molecule has 1 aromatic carbocycles. The molecule has 3 rings (SSSR count). The zero-order valence-electron chi connectivity index (χ0n) is 14.8. The first-order chi connectivity index (χ1) is 11.6. The largest absolute Gasteiger partial charge is 0.336 e. The Balaban J connectivity index is 1.54. The van der Waals surface area contributed by atoms with E-state index in [-0.39, 0.29) is 17.8 Å². The molecule has 1 saturated heterocycles. The fraction of sp³-hybridized carbons (Fsp3) is 0.632. The van der Waals surface area contributed by atoms with Crippen LogP contribution in [0.25, 0.3) is 0 Å². The maximum absolute atomic E-state index is 13.5. The zero-order valence-corrected chi connectivity index (χ0v) is 14.8. The topological polar surface area (TPSA) is 26.8 Å². The van der Waals surface area contributed by atoms with Crippen molar-refractivity contribution in [2.45, 2.75) is 32.7 Å². The van der Waals surface area contributed by atoms with Gasteiger partial charge in [0.1, 0.15) is 5.82 Å². The van der Waals surface area contributed by atoms with E-state index in [1.807, 2.05) is 17.9 Å². The van der Waals surface area contributed by atoms with Crippen molar-refractivity contribution in [3.05, 3.63) is 35.1 Å². The second-order valence-corrected chi connectivity index (χ2v) is 6.88. The smallest absolute Gasteiger partial charge is 0.224 e. The minimum Gasteiger partial charge on any atom is -0.336 e. The minimum atomic E-state index is -0.219. The summed E-state index contributed by atoms with van der Waals surface area (Å²) in [4.78, 5) is 19.4. The van der Waals surface area contributed by atoms with Gasteiger partial charge in [-0.1, -0.05) is 13.0 Å². The van der Waals surface area contributed by atoms with Crippen molar-refractivity contribution in [1.29, 1.82) is 0 Å². The SMILES string of the molecule is CCN1CCN(CCC(=O)N2CCc3ccc(F)cc3C2C)CC1. The van der Waals surface area contributed by atoms with E-state index in [4.69, 9.17) is 0 Å². The van der Waals surface area contributed by atoms with Crippen molar-refractivity contribution >= 4 is 5.91 Å². The van der Waals surface area contributed by atoms with Gasteiger partial charge in [0.2, 0.25) is 5.91 Å². The second-order valence-electron chi connectivity index (χ2n) is 6.88. The van der Waals surface area contributed by atoms with Gasteiger partial charge < -0.3 is 14.7 Å². The summed E-state index contributed by atoms with van der Waals surface area (Å²) >= 11 is 0. The second kappa shape index (κ2) is 7.62. The molecule has 0 spiro atoms. The van der Waals surface area contributed by atoms with Crippen molar-refractivity contribution in [3.8, 4) is 0 Å². The molecule has 2 aliphatic rings. The third kappa shape index (κ3) is 3.78. The number of likely N-dealkylation sites (N-methyl/N-ethyl adjacent to an activating group) is 1. The van der Waals surface area contributed by atoms with Crippen LogP contribution in [-0.4, -0.2) is 66.4 Å². The molecular weight excluding hydrogens is 305 g/mol. The molecular formula is C19H28FN3O. The van der Waals surface area contributed by atoms with Gasteiger partial charge in [-0.3, -0.25) is 4.79 Å². The Morgan fingerprint density at radius 1 is 1.17 bits per heavy atom. The van der Waals surface area contributed by atoms with Gasteiger partial charge in [0.25, 0.3) is 0 Å². The average molecular weight is 333 g/mol. The molecule has 0 aliphatic carbocycles. The van der Waals surface area contributed by atoms with Crippen molar-refractivity contribution in [3.63, 3.8) is 0 Å². The summed E-state index contributed by atoms with van der Waals surface area (Å²) in [5.41, 5.74) is 2.13. The third-order valence-electron chi connectivity index (χ3n) is 5.52. The molecule has 2 heterocycles. The maximum atomic E-state index is 13.5. The number of benzene rings is 1. The number of halogens is 1. The van der Waals surface area contributed by atoms with Crippen LogP contribution in [0, 0.1) is 5.82 Å². The van der Waals surface area contributed by atoms with Crippen LogP contribution in [0.1, 0.15) is 37.4 Å². The van der Waals surface area contributed by atoms with Crippen LogP contribution in [0.3, 0.4) is 0 Å². The summed E-state index contributed by atoms with van der Waals surface area (Å²) in [6.07, 6.45) is 1.38. The summed E-state index contributed by atoms with van der Waals surface area (Å²) in [6, 6.07) is 4.92. The summed E-state index contributed by atoms with van der Waals surface area (Å²) < 4.78 is 13.5. The summed E-state index contributed by atoms with van der Waals surface area (Å²) in [5.74, 6) is -0.0287. The van der Waals surface area contributed by atoms with E-state index < -0.39 is 0 Å². The lowest BCUT2D eigenvalue weighted by molar-refractivity contribution is -0.134. The molecule has 5 heteroatoms. The molecule has 1 amide bonds. The third-order valence-corrected chi connectivity index (χ3v) is 5.52. The van der Waals surface area contributed by atoms with Crippen molar-refractivity contribution in [1.82, 2.24) is 14.7 Å². The number of fused-ring (bicyclic) bond motifs is 1.